The highest BCUT2D eigenvalue weighted by molar-refractivity contribution is 5.70. The summed E-state index contributed by atoms with van der Waals surface area (Å²) in [5, 5.41) is 19.3. The zero-order valence-electron chi connectivity index (χ0n) is 10.2. The highest BCUT2D eigenvalue weighted by Crippen LogP contribution is 2.31. The SMILES string of the molecule is Oc1cccc(F)c1-c1cc(Nc2cnccn2)n[nH]1. The molecule has 0 unspecified atom stereocenters. The summed E-state index contributed by atoms with van der Waals surface area (Å²) in [5.41, 5.74) is 0.444. The Kier molecular flexibility index (Phi) is 3.00. The summed E-state index contributed by atoms with van der Waals surface area (Å²) in [6.45, 7) is 0. The maximum Gasteiger partial charge on any atom is 0.153 e. The molecule has 0 spiro atoms. The lowest BCUT2D eigenvalue weighted by atomic mass is 10.1. The Morgan fingerprint density at radius 3 is 2.85 bits per heavy atom. The summed E-state index contributed by atoms with van der Waals surface area (Å²) in [7, 11) is 0. The van der Waals surface area contributed by atoms with Gasteiger partial charge in [-0.15, -0.1) is 0 Å². The molecule has 2 heterocycles. The summed E-state index contributed by atoms with van der Waals surface area (Å²) in [6.07, 6.45) is 4.63. The Labute approximate surface area is 113 Å². The Morgan fingerprint density at radius 1 is 1.20 bits per heavy atom. The zero-order chi connectivity index (χ0) is 13.9. The molecule has 0 saturated carbocycles. The van der Waals surface area contributed by atoms with Gasteiger partial charge < -0.3 is 10.4 Å². The summed E-state index contributed by atoms with van der Waals surface area (Å²) in [6, 6.07) is 5.69. The van der Waals surface area contributed by atoms with Crippen molar-refractivity contribution >= 4 is 11.6 Å². The van der Waals surface area contributed by atoms with Gasteiger partial charge in [-0.3, -0.25) is 10.1 Å². The van der Waals surface area contributed by atoms with Gasteiger partial charge in [-0.25, -0.2) is 9.37 Å². The van der Waals surface area contributed by atoms with E-state index in [2.05, 4.69) is 25.5 Å². The number of phenolic OH excluding ortho intramolecular Hbond substituents is 1. The average molecular weight is 271 g/mol. The Bertz CT molecular complexity index is 708. The minimum absolute atomic E-state index is 0.0761. The highest BCUT2D eigenvalue weighted by atomic mass is 19.1. The van der Waals surface area contributed by atoms with Gasteiger partial charge in [-0.1, -0.05) is 6.07 Å². The van der Waals surface area contributed by atoms with Gasteiger partial charge in [0.05, 0.1) is 17.5 Å². The number of aromatic nitrogens is 4. The van der Waals surface area contributed by atoms with Crippen LogP contribution in [0.2, 0.25) is 0 Å². The molecule has 0 aliphatic heterocycles. The van der Waals surface area contributed by atoms with Crippen LogP contribution < -0.4 is 5.32 Å². The van der Waals surface area contributed by atoms with Gasteiger partial charge in [0.2, 0.25) is 0 Å². The molecule has 0 amide bonds. The fraction of sp³-hybridized carbons (Fsp3) is 0. The number of nitrogens with one attached hydrogen (secondary N) is 2. The van der Waals surface area contributed by atoms with E-state index in [9.17, 15) is 9.50 Å². The van der Waals surface area contributed by atoms with Crippen molar-refractivity contribution < 1.29 is 9.50 Å². The van der Waals surface area contributed by atoms with E-state index in [1.54, 1.807) is 18.5 Å². The molecule has 2 aromatic heterocycles. The van der Waals surface area contributed by atoms with Crippen molar-refractivity contribution in [1.82, 2.24) is 20.2 Å². The van der Waals surface area contributed by atoms with Crippen molar-refractivity contribution in [3.63, 3.8) is 0 Å². The number of hydrogen-bond donors (Lipinski definition) is 3. The molecular weight excluding hydrogens is 261 g/mol. The Hall–Kier alpha value is -2.96. The van der Waals surface area contributed by atoms with Crippen LogP contribution in [0.5, 0.6) is 5.75 Å². The number of H-pyrrole nitrogens is 1. The molecule has 6 nitrogen and oxygen atoms in total. The van der Waals surface area contributed by atoms with Crippen LogP contribution in [-0.4, -0.2) is 25.3 Å². The zero-order valence-corrected chi connectivity index (χ0v) is 10.2. The number of anilines is 2. The third-order valence-corrected chi connectivity index (χ3v) is 2.66. The highest BCUT2D eigenvalue weighted by Gasteiger charge is 2.13. The lowest BCUT2D eigenvalue weighted by Crippen LogP contribution is -1.93. The van der Waals surface area contributed by atoms with E-state index in [1.807, 2.05) is 0 Å². The van der Waals surface area contributed by atoms with E-state index >= 15 is 0 Å². The molecule has 0 saturated heterocycles. The second-order valence-electron chi connectivity index (χ2n) is 4.02. The van der Waals surface area contributed by atoms with Gasteiger partial charge >= 0.3 is 0 Å². The van der Waals surface area contributed by atoms with Crippen LogP contribution in [0.15, 0.2) is 42.9 Å². The van der Waals surface area contributed by atoms with E-state index in [1.165, 1.54) is 24.4 Å². The molecule has 0 radical (unpaired) electrons. The van der Waals surface area contributed by atoms with E-state index in [0.717, 1.165) is 0 Å². The van der Waals surface area contributed by atoms with Crippen LogP contribution in [-0.2, 0) is 0 Å². The smallest absolute Gasteiger partial charge is 0.153 e. The van der Waals surface area contributed by atoms with E-state index in [0.29, 0.717) is 17.3 Å². The van der Waals surface area contributed by atoms with E-state index < -0.39 is 5.82 Å². The molecular formula is C13H10FN5O. The molecule has 0 atom stereocenters. The van der Waals surface area contributed by atoms with Crippen molar-refractivity contribution in [2.24, 2.45) is 0 Å². The van der Waals surface area contributed by atoms with Crippen molar-refractivity contribution in [3.8, 4) is 17.0 Å². The lowest BCUT2D eigenvalue weighted by molar-refractivity contribution is 0.471. The predicted molar refractivity (Wildman–Crippen MR) is 71.0 cm³/mol. The number of aromatic hydroxyl groups is 1. The Balaban J connectivity index is 1.91. The average Bonchev–Trinajstić information content (AvgIpc) is 2.88. The first-order valence-corrected chi connectivity index (χ1v) is 5.80. The third kappa shape index (κ3) is 2.28. The van der Waals surface area contributed by atoms with Crippen molar-refractivity contribution in [3.05, 3.63) is 48.7 Å². The second-order valence-corrected chi connectivity index (χ2v) is 4.02. The standard InChI is InChI=1S/C13H10FN5O/c14-8-2-1-3-10(20)13(8)9-6-11(19-18-9)17-12-7-15-4-5-16-12/h1-7,20H,(H2,16,17,18,19). The van der Waals surface area contributed by atoms with Crippen LogP contribution in [0.4, 0.5) is 16.0 Å². The van der Waals surface area contributed by atoms with Gasteiger partial charge in [0.15, 0.2) is 5.82 Å². The fourth-order valence-corrected chi connectivity index (χ4v) is 1.79. The fourth-order valence-electron chi connectivity index (χ4n) is 1.79. The van der Waals surface area contributed by atoms with Crippen molar-refractivity contribution in [1.29, 1.82) is 0 Å². The summed E-state index contributed by atoms with van der Waals surface area (Å²) in [4.78, 5) is 7.95. The molecule has 7 heteroatoms. The van der Waals surface area contributed by atoms with Gasteiger partial charge in [0.25, 0.3) is 0 Å². The molecule has 0 aliphatic carbocycles. The predicted octanol–water partition coefficient (Wildman–Crippen LogP) is 2.45. The first kappa shape index (κ1) is 12.1. The molecule has 1 aromatic carbocycles. The van der Waals surface area contributed by atoms with Crippen LogP contribution in [0, 0.1) is 5.82 Å². The molecule has 100 valence electrons. The quantitative estimate of drug-likeness (QED) is 0.681. The number of hydrogen-bond acceptors (Lipinski definition) is 5. The van der Waals surface area contributed by atoms with Crippen LogP contribution in [0.1, 0.15) is 0 Å². The van der Waals surface area contributed by atoms with Crippen molar-refractivity contribution in [2.75, 3.05) is 5.32 Å². The molecule has 0 fully saturated rings. The number of halogens is 1. The minimum Gasteiger partial charge on any atom is -0.507 e. The van der Waals surface area contributed by atoms with Gasteiger partial charge in [0.1, 0.15) is 17.4 Å². The summed E-state index contributed by atoms with van der Waals surface area (Å²) in [5.74, 6) is 0.283. The molecule has 3 aromatic rings. The Morgan fingerprint density at radius 2 is 2.10 bits per heavy atom. The minimum atomic E-state index is -0.528. The first-order chi connectivity index (χ1) is 9.74. The number of phenols is 1. The molecule has 3 N–H and O–H groups in total. The lowest BCUT2D eigenvalue weighted by Gasteiger charge is -2.02. The van der Waals surface area contributed by atoms with E-state index in [4.69, 9.17) is 0 Å². The number of aromatic amines is 1. The van der Waals surface area contributed by atoms with E-state index in [-0.39, 0.29) is 11.3 Å². The van der Waals surface area contributed by atoms with Crippen LogP contribution >= 0.6 is 0 Å². The molecule has 3 rings (SSSR count). The van der Waals surface area contributed by atoms with Crippen molar-refractivity contribution in [2.45, 2.75) is 0 Å². The van der Waals surface area contributed by atoms with Gasteiger partial charge in [0, 0.05) is 18.5 Å². The topological polar surface area (TPSA) is 86.7 Å². The van der Waals surface area contributed by atoms with Gasteiger partial charge in [-0.2, -0.15) is 5.10 Å². The summed E-state index contributed by atoms with van der Waals surface area (Å²) >= 11 is 0. The molecule has 0 aliphatic rings. The molecule has 20 heavy (non-hydrogen) atoms. The van der Waals surface area contributed by atoms with Crippen LogP contribution in [0.3, 0.4) is 0 Å². The molecule has 0 bridgehead atoms. The van der Waals surface area contributed by atoms with Gasteiger partial charge in [-0.05, 0) is 12.1 Å². The maximum absolute atomic E-state index is 13.7. The number of rotatable bonds is 3. The summed E-state index contributed by atoms with van der Waals surface area (Å²) < 4.78 is 13.7. The number of nitrogens with zero attached hydrogens (tertiary/aromatic N) is 3. The largest absolute Gasteiger partial charge is 0.507 e. The van der Waals surface area contributed by atoms with Crippen LogP contribution in [0.25, 0.3) is 11.3 Å². The monoisotopic (exact) mass is 271 g/mol. The first-order valence-electron chi connectivity index (χ1n) is 5.80. The third-order valence-electron chi connectivity index (χ3n) is 2.66. The second kappa shape index (κ2) is 4.96. The maximum atomic E-state index is 13.7. The normalized spacial score (nSPS) is 10.4. The number of benzene rings is 1.